The number of fused-ring (bicyclic) bond motifs is 1. The van der Waals surface area contributed by atoms with E-state index in [1.165, 1.54) is 23.5 Å². The number of rotatable bonds is 2. The molecule has 5 nitrogen and oxygen atoms in total. The highest BCUT2D eigenvalue weighted by Crippen LogP contribution is 2.31. The minimum absolute atomic E-state index is 0.717. The van der Waals surface area contributed by atoms with Gasteiger partial charge in [-0.25, -0.2) is 0 Å². The third-order valence-electron chi connectivity index (χ3n) is 2.25. The predicted octanol–water partition coefficient (Wildman–Crippen LogP) is 1.62. The summed E-state index contributed by atoms with van der Waals surface area (Å²) < 4.78 is 6.47. The summed E-state index contributed by atoms with van der Waals surface area (Å²) in [6, 6.07) is 5.64. The number of aromatic nitrogens is 2. The number of hydrogen-bond acceptors (Lipinski definition) is 7. The van der Waals surface area contributed by atoms with Gasteiger partial charge in [0.15, 0.2) is 6.23 Å². The van der Waals surface area contributed by atoms with Crippen LogP contribution in [0.3, 0.4) is 0 Å². The fourth-order valence-corrected chi connectivity index (χ4v) is 2.81. The van der Waals surface area contributed by atoms with Gasteiger partial charge in [-0.15, -0.1) is 9.51 Å². The molecule has 7 heteroatoms. The first-order chi connectivity index (χ1) is 7.86. The quantitative estimate of drug-likeness (QED) is 0.792. The molecule has 1 aliphatic heterocycles. The van der Waals surface area contributed by atoms with E-state index >= 15 is 0 Å². The van der Waals surface area contributed by atoms with Crippen molar-refractivity contribution in [3.63, 3.8) is 0 Å². The zero-order valence-electron chi connectivity index (χ0n) is 8.07. The summed E-state index contributed by atoms with van der Waals surface area (Å²) in [6.45, 7) is 0. The number of benzene rings is 1. The second-order valence-electron chi connectivity index (χ2n) is 3.21. The number of aliphatic hydroxyl groups excluding tert-OH is 1. The van der Waals surface area contributed by atoms with Crippen molar-refractivity contribution in [2.24, 2.45) is 0 Å². The Morgan fingerprint density at radius 2 is 2.38 bits per heavy atom. The molecule has 16 heavy (non-hydrogen) atoms. The van der Waals surface area contributed by atoms with Crippen LogP contribution in [0.2, 0.25) is 0 Å². The summed E-state index contributed by atoms with van der Waals surface area (Å²) in [5.74, 6) is 0. The molecule has 0 amide bonds. The lowest BCUT2D eigenvalue weighted by molar-refractivity contribution is 0.0546. The number of hydrazine groups is 1. The first kappa shape index (κ1) is 10.0. The highest BCUT2D eigenvalue weighted by molar-refractivity contribution is 8.00. The summed E-state index contributed by atoms with van der Waals surface area (Å²) in [5.41, 5.74) is 4.58. The zero-order chi connectivity index (χ0) is 11.0. The van der Waals surface area contributed by atoms with E-state index in [-0.39, 0.29) is 0 Å². The van der Waals surface area contributed by atoms with Crippen molar-refractivity contribution in [3.8, 4) is 0 Å². The second-order valence-corrected chi connectivity index (χ2v) is 4.84. The minimum atomic E-state index is -0.717. The lowest BCUT2D eigenvalue weighted by atomic mass is 10.2. The standard InChI is InChI=1S/C9H8N4OS2/c14-9(13-10-4-5-15-13)6-2-1-3-7-8(6)16-12-11-7/h1-5,9-10,14H. The molecule has 2 heterocycles. The van der Waals surface area contributed by atoms with Gasteiger partial charge in [0.2, 0.25) is 0 Å². The topological polar surface area (TPSA) is 61.3 Å². The number of aliphatic hydroxyl groups is 1. The molecule has 0 aliphatic carbocycles. The second kappa shape index (κ2) is 4.02. The SMILES string of the molecule is OC(c1cccc2nnsc12)N1NC=CS1. The molecule has 82 valence electrons. The lowest BCUT2D eigenvalue weighted by Gasteiger charge is -2.21. The monoisotopic (exact) mass is 252 g/mol. The van der Waals surface area contributed by atoms with Gasteiger partial charge in [-0.2, -0.15) is 0 Å². The van der Waals surface area contributed by atoms with Gasteiger partial charge in [0, 0.05) is 17.2 Å². The maximum Gasteiger partial charge on any atom is 0.162 e. The van der Waals surface area contributed by atoms with Gasteiger partial charge in [-0.05, 0) is 29.5 Å². The van der Waals surface area contributed by atoms with Crippen LogP contribution in [-0.4, -0.2) is 19.1 Å². The van der Waals surface area contributed by atoms with E-state index < -0.39 is 6.23 Å². The smallest absolute Gasteiger partial charge is 0.162 e. The lowest BCUT2D eigenvalue weighted by Crippen LogP contribution is -2.28. The maximum atomic E-state index is 10.2. The van der Waals surface area contributed by atoms with Crippen molar-refractivity contribution < 1.29 is 5.11 Å². The Kier molecular flexibility index (Phi) is 2.52. The zero-order valence-corrected chi connectivity index (χ0v) is 9.70. The molecule has 0 saturated heterocycles. The summed E-state index contributed by atoms with van der Waals surface area (Å²) in [7, 11) is 0. The molecule has 2 N–H and O–H groups in total. The third kappa shape index (κ3) is 1.57. The van der Waals surface area contributed by atoms with E-state index in [4.69, 9.17) is 0 Å². The van der Waals surface area contributed by atoms with Crippen LogP contribution in [0.4, 0.5) is 0 Å². The van der Waals surface area contributed by atoms with Crippen LogP contribution in [0.25, 0.3) is 10.2 Å². The Bertz CT molecular complexity index is 533. The van der Waals surface area contributed by atoms with Crippen LogP contribution in [0.5, 0.6) is 0 Å². The molecule has 1 aromatic heterocycles. The minimum Gasteiger partial charge on any atom is -0.371 e. The third-order valence-corrected chi connectivity index (χ3v) is 3.83. The largest absolute Gasteiger partial charge is 0.371 e. The van der Waals surface area contributed by atoms with Crippen LogP contribution in [0, 0.1) is 0 Å². The first-order valence-corrected chi connectivity index (χ1v) is 6.23. The van der Waals surface area contributed by atoms with Gasteiger partial charge in [0.25, 0.3) is 0 Å². The highest BCUT2D eigenvalue weighted by atomic mass is 32.2. The average molecular weight is 252 g/mol. The molecule has 1 unspecified atom stereocenters. The van der Waals surface area contributed by atoms with Gasteiger partial charge < -0.3 is 10.5 Å². The Labute approximate surface area is 100 Å². The van der Waals surface area contributed by atoms with Crippen molar-refractivity contribution in [2.45, 2.75) is 6.23 Å². The van der Waals surface area contributed by atoms with Crippen LogP contribution >= 0.6 is 23.5 Å². The summed E-state index contributed by atoms with van der Waals surface area (Å²) in [4.78, 5) is 0. The first-order valence-electron chi connectivity index (χ1n) is 4.62. The van der Waals surface area contributed by atoms with Gasteiger partial charge in [-0.1, -0.05) is 16.6 Å². The van der Waals surface area contributed by atoms with E-state index in [0.29, 0.717) is 0 Å². The molecule has 2 aromatic rings. The van der Waals surface area contributed by atoms with Crippen molar-refractivity contribution in [1.29, 1.82) is 0 Å². The van der Waals surface area contributed by atoms with Crippen molar-refractivity contribution >= 4 is 33.7 Å². The van der Waals surface area contributed by atoms with E-state index in [1.807, 2.05) is 23.6 Å². The molecule has 1 atom stereocenters. The molecular formula is C9H8N4OS2. The van der Waals surface area contributed by atoms with Gasteiger partial charge in [0.1, 0.15) is 5.52 Å². The van der Waals surface area contributed by atoms with E-state index in [0.717, 1.165) is 15.8 Å². The summed E-state index contributed by atoms with van der Waals surface area (Å²) in [5, 5.41) is 16.0. The fourth-order valence-electron chi connectivity index (χ4n) is 1.51. The van der Waals surface area contributed by atoms with Crippen molar-refractivity contribution in [2.75, 3.05) is 0 Å². The van der Waals surface area contributed by atoms with Gasteiger partial charge >= 0.3 is 0 Å². The number of hydrogen-bond donors (Lipinski definition) is 2. The van der Waals surface area contributed by atoms with Crippen molar-refractivity contribution in [3.05, 3.63) is 35.4 Å². The molecule has 1 aliphatic rings. The molecular weight excluding hydrogens is 244 g/mol. The average Bonchev–Trinajstić information content (AvgIpc) is 2.98. The molecule has 0 fully saturated rings. The van der Waals surface area contributed by atoms with Crippen molar-refractivity contribution in [1.82, 2.24) is 19.4 Å². The van der Waals surface area contributed by atoms with Crippen LogP contribution in [-0.2, 0) is 0 Å². The Morgan fingerprint density at radius 3 is 3.19 bits per heavy atom. The molecule has 1 aromatic carbocycles. The molecule has 0 bridgehead atoms. The van der Waals surface area contributed by atoms with Gasteiger partial charge in [-0.3, -0.25) is 0 Å². The molecule has 0 radical (unpaired) electrons. The van der Waals surface area contributed by atoms with E-state index in [9.17, 15) is 5.11 Å². The normalized spacial score (nSPS) is 17.8. The number of nitrogens with zero attached hydrogens (tertiary/aromatic N) is 3. The van der Waals surface area contributed by atoms with Crippen LogP contribution in [0.1, 0.15) is 11.8 Å². The van der Waals surface area contributed by atoms with E-state index in [1.54, 1.807) is 10.6 Å². The Balaban J connectivity index is 2.01. The molecule has 3 rings (SSSR count). The van der Waals surface area contributed by atoms with Crippen LogP contribution < -0.4 is 5.43 Å². The van der Waals surface area contributed by atoms with E-state index in [2.05, 4.69) is 15.0 Å². The summed E-state index contributed by atoms with van der Waals surface area (Å²) in [6.07, 6.45) is 1.06. The Hall–Kier alpha value is -1.15. The van der Waals surface area contributed by atoms with Gasteiger partial charge in [0.05, 0.1) is 4.70 Å². The highest BCUT2D eigenvalue weighted by Gasteiger charge is 2.22. The Morgan fingerprint density at radius 1 is 1.44 bits per heavy atom. The molecule has 0 saturated carbocycles. The fraction of sp³-hybridized carbons (Fsp3) is 0.111. The molecule has 0 spiro atoms. The predicted molar refractivity (Wildman–Crippen MR) is 64.1 cm³/mol. The maximum absolute atomic E-state index is 10.2. The number of nitrogens with one attached hydrogen (secondary N) is 1. The summed E-state index contributed by atoms with van der Waals surface area (Å²) >= 11 is 2.71. The van der Waals surface area contributed by atoms with Crippen LogP contribution in [0.15, 0.2) is 29.8 Å².